The molecule has 22 heavy (non-hydrogen) atoms. The third-order valence-electron chi connectivity index (χ3n) is 3.21. The fourth-order valence-electron chi connectivity index (χ4n) is 2.09. The molecule has 0 bridgehead atoms. The molecule has 2 aromatic rings. The van der Waals surface area contributed by atoms with Gasteiger partial charge >= 0.3 is 0 Å². The molecule has 0 radical (unpaired) electrons. The molecule has 1 aromatic carbocycles. The highest BCUT2D eigenvalue weighted by molar-refractivity contribution is 5.77. The van der Waals surface area contributed by atoms with E-state index in [-0.39, 0.29) is 18.3 Å². The second-order valence-corrected chi connectivity index (χ2v) is 4.81. The Hall–Kier alpha value is -2.37. The fourth-order valence-corrected chi connectivity index (χ4v) is 2.09. The van der Waals surface area contributed by atoms with Gasteiger partial charge in [-0.2, -0.15) is 0 Å². The third kappa shape index (κ3) is 4.58. The van der Waals surface area contributed by atoms with Gasteiger partial charge in [-0.1, -0.05) is 19.1 Å². The summed E-state index contributed by atoms with van der Waals surface area (Å²) in [6.45, 7) is 3.21. The number of halogens is 1. The maximum atomic E-state index is 13.3. The number of para-hydroxylation sites is 1. The summed E-state index contributed by atoms with van der Waals surface area (Å²) in [4.78, 5) is 15.9. The van der Waals surface area contributed by atoms with Gasteiger partial charge in [0.05, 0.1) is 0 Å². The average molecular weight is 305 g/mol. The van der Waals surface area contributed by atoms with Crippen LogP contribution in [0.4, 0.5) is 4.39 Å². The van der Waals surface area contributed by atoms with E-state index in [1.54, 1.807) is 18.3 Å². The van der Waals surface area contributed by atoms with Gasteiger partial charge in [0.25, 0.3) is 5.91 Å². The van der Waals surface area contributed by atoms with Gasteiger partial charge < -0.3 is 14.6 Å². The summed E-state index contributed by atoms with van der Waals surface area (Å²) in [6.07, 6.45) is 5.40. The number of carbonyl (C=O) groups is 1. The van der Waals surface area contributed by atoms with Crippen LogP contribution in [0.15, 0.2) is 36.7 Å². The molecule has 0 atom stereocenters. The van der Waals surface area contributed by atoms with Gasteiger partial charge in [0.15, 0.2) is 18.2 Å². The number of nitrogens with one attached hydrogen (secondary N) is 1. The molecule has 6 heteroatoms. The highest BCUT2D eigenvalue weighted by Gasteiger charge is 2.06. The number of hydrogen-bond acceptors (Lipinski definition) is 3. The molecule has 5 nitrogen and oxygen atoms in total. The number of aryl methyl sites for hydroxylation is 2. The van der Waals surface area contributed by atoms with Gasteiger partial charge in [-0.25, -0.2) is 9.37 Å². The molecule has 0 fully saturated rings. The van der Waals surface area contributed by atoms with Crippen LogP contribution in [-0.2, 0) is 17.8 Å². The topological polar surface area (TPSA) is 56.2 Å². The Morgan fingerprint density at radius 2 is 2.23 bits per heavy atom. The van der Waals surface area contributed by atoms with Gasteiger partial charge in [-0.15, -0.1) is 0 Å². The van der Waals surface area contributed by atoms with E-state index >= 15 is 0 Å². The first-order valence-corrected chi connectivity index (χ1v) is 7.34. The highest BCUT2D eigenvalue weighted by Crippen LogP contribution is 2.14. The van der Waals surface area contributed by atoms with Crippen molar-refractivity contribution < 1.29 is 13.9 Å². The van der Waals surface area contributed by atoms with Crippen molar-refractivity contribution >= 4 is 5.91 Å². The van der Waals surface area contributed by atoms with Crippen LogP contribution >= 0.6 is 0 Å². The molecule has 1 heterocycles. The number of hydrogen-bond donors (Lipinski definition) is 1. The number of benzene rings is 1. The van der Waals surface area contributed by atoms with Gasteiger partial charge in [0.1, 0.15) is 5.82 Å². The summed E-state index contributed by atoms with van der Waals surface area (Å²) in [7, 11) is 0. The molecule has 0 unspecified atom stereocenters. The number of amides is 1. The number of imidazole rings is 1. The number of carbonyl (C=O) groups excluding carboxylic acids is 1. The SMILES string of the molecule is CCc1nccn1CCCNC(=O)COc1ccccc1F. The summed E-state index contributed by atoms with van der Waals surface area (Å²) in [5.74, 6) is 0.393. The van der Waals surface area contributed by atoms with Crippen molar-refractivity contribution in [2.75, 3.05) is 13.2 Å². The van der Waals surface area contributed by atoms with E-state index in [0.29, 0.717) is 6.54 Å². The number of ether oxygens (including phenoxy) is 1. The lowest BCUT2D eigenvalue weighted by Crippen LogP contribution is -2.30. The van der Waals surface area contributed by atoms with Gasteiger partial charge in [-0.3, -0.25) is 4.79 Å². The first kappa shape index (κ1) is 16.0. The fraction of sp³-hybridized carbons (Fsp3) is 0.375. The quantitative estimate of drug-likeness (QED) is 0.761. The Bertz CT molecular complexity index is 613. The van der Waals surface area contributed by atoms with E-state index < -0.39 is 5.82 Å². The molecule has 1 amide bonds. The predicted octanol–water partition coefficient (Wildman–Crippen LogP) is 2.17. The standard InChI is InChI=1S/C16H20FN3O2/c1-2-15-18-9-11-20(15)10-5-8-19-16(21)12-22-14-7-4-3-6-13(14)17/h3-4,6-7,9,11H,2,5,8,10,12H2,1H3,(H,19,21). The molecule has 0 spiro atoms. The zero-order chi connectivity index (χ0) is 15.8. The zero-order valence-corrected chi connectivity index (χ0v) is 12.6. The molecule has 0 aliphatic rings. The summed E-state index contributed by atoms with van der Waals surface area (Å²) < 4.78 is 20.5. The molecule has 1 aromatic heterocycles. The van der Waals surface area contributed by atoms with Crippen LogP contribution in [0.2, 0.25) is 0 Å². The first-order valence-electron chi connectivity index (χ1n) is 7.34. The Morgan fingerprint density at radius 1 is 1.41 bits per heavy atom. The van der Waals surface area contributed by atoms with Crippen molar-refractivity contribution in [3.8, 4) is 5.75 Å². The number of nitrogens with zero attached hydrogens (tertiary/aromatic N) is 2. The Kier molecular flexibility index (Phi) is 5.94. The molecular weight excluding hydrogens is 285 g/mol. The molecule has 0 saturated carbocycles. The van der Waals surface area contributed by atoms with Gasteiger partial charge in [0.2, 0.25) is 0 Å². The molecule has 118 valence electrons. The second kappa shape index (κ2) is 8.17. The van der Waals surface area contributed by atoms with Crippen molar-refractivity contribution in [2.45, 2.75) is 26.3 Å². The Morgan fingerprint density at radius 3 is 3.00 bits per heavy atom. The maximum Gasteiger partial charge on any atom is 0.257 e. The van der Waals surface area contributed by atoms with E-state index in [0.717, 1.165) is 25.2 Å². The molecular formula is C16H20FN3O2. The number of rotatable bonds is 8. The predicted molar refractivity (Wildman–Crippen MR) is 81.1 cm³/mol. The van der Waals surface area contributed by atoms with Crippen LogP contribution in [-0.4, -0.2) is 28.6 Å². The van der Waals surface area contributed by atoms with Gasteiger partial charge in [-0.05, 0) is 18.6 Å². The summed E-state index contributed by atoms with van der Waals surface area (Å²) in [5, 5.41) is 2.75. The minimum Gasteiger partial charge on any atom is -0.481 e. The van der Waals surface area contributed by atoms with E-state index in [4.69, 9.17) is 4.74 Å². The van der Waals surface area contributed by atoms with Crippen molar-refractivity contribution in [1.82, 2.24) is 14.9 Å². The Balaban J connectivity index is 1.65. The lowest BCUT2D eigenvalue weighted by molar-refractivity contribution is -0.123. The first-order chi connectivity index (χ1) is 10.7. The minimum absolute atomic E-state index is 0.0867. The summed E-state index contributed by atoms with van der Waals surface area (Å²) in [5.41, 5.74) is 0. The zero-order valence-electron chi connectivity index (χ0n) is 12.6. The van der Waals surface area contributed by atoms with Gasteiger partial charge in [0, 0.05) is 31.9 Å². The van der Waals surface area contributed by atoms with Crippen LogP contribution in [0.3, 0.4) is 0 Å². The molecule has 0 aliphatic heterocycles. The normalized spacial score (nSPS) is 10.5. The Labute approximate surface area is 129 Å². The molecule has 0 saturated heterocycles. The molecule has 2 rings (SSSR count). The van der Waals surface area contributed by atoms with Crippen molar-refractivity contribution in [2.24, 2.45) is 0 Å². The number of aromatic nitrogens is 2. The largest absolute Gasteiger partial charge is 0.481 e. The summed E-state index contributed by atoms with van der Waals surface area (Å²) in [6, 6.07) is 6.02. The minimum atomic E-state index is -0.470. The van der Waals surface area contributed by atoms with Crippen molar-refractivity contribution in [3.63, 3.8) is 0 Å². The van der Waals surface area contributed by atoms with Crippen LogP contribution in [0.5, 0.6) is 5.75 Å². The van der Waals surface area contributed by atoms with E-state index in [9.17, 15) is 9.18 Å². The van der Waals surface area contributed by atoms with E-state index in [2.05, 4.69) is 21.8 Å². The van der Waals surface area contributed by atoms with E-state index in [1.807, 2.05) is 6.20 Å². The monoisotopic (exact) mass is 305 g/mol. The van der Waals surface area contributed by atoms with Crippen LogP contribution < -0.4 is 10.1 Å². The maximum absolute atomic E-state index is 13.3. The van der Waals surface area contributed by atoms with Crippen LogP contribution in [0, 0.1) is 5.82 Å². The van der Waals surface area contributed by atoms with Crippen molar-refractivity contribution in [3.05, 3.63) is 48.3 Å². The third-order valence-corrected chi connectivity index (χ3v) is 3.21. The lowest BCUT2D eigenvalue weighted by Gasteiger charge is -2.09. The molecule has 0 aliphatic carbocycles. The van der Waals surface area contributed by atoms with Crippen LogP contribution in [0.25, 0.3) is 0 Å². The molecule has 1 N–H and O–H groups in total. The van der Waals surface area contributed by atoms with E-state index in [1.165, 1.54) is 12.1 Å². The van der Waals surface area contributed by atoms with Crippen LogP contribution in [0.1, 0.15) is 19.2 Å². The average Bonchev–Trinajstić information content (AvgIpc) is 2.98. The lowest BCUT2D eigenvalue weighted by atomic mass is 10.3. The smallest absolute Gasteiger partial charge is 0.257 e. The van der Waals surface area contributed by atoms with Crippen molar-refractivity contribution in [1.29, 1.82) is 0 Å². The highest BCUT2D eigenvalue weighted by atomic mass is 19.1. The summed E-state index contributed by atoms with van der Waals surface area (Å²) >= 11 is 0. The second-order valence-electron chi connectivity index (χ2n) is 4.81.